The fourth-order valence-electron chi connectivity index (χ4n) is 1.79. The molecule has 1 N–H and O–H groups in total. The normalized spacial score (nSPS) is 11.2. The first kappa shape index (κ1) is 16.8. The molecule has 4 nitrogen and oxygen atoms in total. The van der Waals surface area contributed by atoms with Crippen molar-refractivity contribution < 1.29 is 13.2 Å². The Hall–Kier alpha value is -1.56. The minimum Gasteiger partial charge on any atom is -0.326 e. The van der Waals surface area contributed by atoms with Crippen molar-refractivity contribution in [3.63, 3.8) is 0 Å². The summed E-state index contributed by atoms with van der Waals surface area (Å²) in [5, 5.41) is 3.32. The number of benzene rings is 2. The van der Waals surface area contributed by atoms with Crippen LogP contribution in [0.3, 0.4) is 0 Å². The average molecular weight is 358 g/mol. The first-order valence-corrected chi connectivity index (χ1v) is 8.82. The summed E-state index contributed by atoms with van der Waals surface area (Å²) in [4.78, 5) is 11.9. The summed E-state index contributed by atoms with van der Waals surface area (Å²) in [6, 6.07) is 12.7. The molecular weight excluding hydrogens is 345 g/mol. The maximum absolute atomic E-state index is 12.2. The van der Waals surface area contributed by atoms with Crippen molar-refractivity contribution >= 4 is 44.6 Å². The van der Waals surface area contributed by atoms with Crippen molar-refractivity contribution in [2.24, 2.45) is 0 Å². The van der Waals surface area contributed by atoms with Gasteiger partial charge in [-0.3, -0.25) is 4.79 Å². The van der Waals surface area contributed by atoms with Crippen LogP contribution in [0.25, 0.3) is 0 Å². The lowest BCUT2D eigenvalue weighted by atomic mass is 10.3. The van der Waals surface area contributed by atoms with Gasteiger partial charge in [-0.15, -0.1) is 0 Å². The molecule has 0 aliphatic heterocycles. The minimum absolute atomic E-state index is 0.0379. The monoisotopic (exact) mass is 357 g/mol. The minimum atomic E-state index is -3.60. The number of rotatable bonds is 5. The topological polar surface area (TPSA) is 63.2 Å². The van der Waals surface area contributed by atoms with Crippen molar-refractivity contribution in [2.45, 2.75) is 11.3 Å². The van der Waals surface area contributed by atoms with Crippen molar-refractivity contribution in [1.82, 2.24) is 0 Å². The van der Waals surface area contributed by atoms with Gasteiger partial charge in [0.2, 0.25) is 5.91 Å². The number of nitrogens with one attached hydrogen (secondary N) is 1. The average Bonchev–Trinajstić information content (AvgIpc) is 2.48. The van der Waals surface area contributed by atoms with E-state index in [1.807, 2.05) is 0 Å². The van der Waals surface area contributed by atoms with Gasteiger partial charge in [0.05, 0.1) is 15.7 Å². The predicted molar refractivity (Wildman–Crippen MR) is 88.2 cm³/mol. The van der Waals surface area contributed by atoms with Crippen LogP contribution in [0.4, 0.5) is 5.69 Å². The summed E-state index contributed by atoms with van der Waals surface area (Å²) in [7, 11) is -3.60. The molecule has 2 aromatic rings. The summed E-state index contributed by atoms with van der Waals surface area (Å²) in [6.45, 7) is 0. The van der Waals surface area contributed by atoms with Gasteiger partial charge in [-0.2, -0.15) is 0 Å². The van der Waals surface area contributed by atoms with Crippen LogP contribution in [0.2, 0.25) is 10.0 Å². The lowest BCUT2D eigenvalue weighted by Crippen LogP contribution is -2.17. The Bertz CT molecular complexity index is 774. The first-order chi connectivity index (χ1) is 10.4. The van der Waals surface area contributed by atoms with Gasteiger partial charge in [-0.25, -0.2) is 8.42 Å². The molecule has 0 aliphatic rings. The third-order valence-corrected chi connectivity index (χ3v) is 5.36. The van der Waals surface area contributed by atoms with E-state index >= 15 is 0 Å². The zero-order chi connectivity index (χ0) is 16.2. The fourth-order valence-corrected chi connectivity index (χ4v) is 3.73. The van der Waals surface area contributed by atoms with Crippen molar-refractivity contribution in [1.29, 1.82) is 0 Å². The molecule has 0 saturated heterocycles. The molecule has 116 valence electrons. The quantitative estimate of drug-likeness (QED) is 0.884. The predicted octanol–water partition coefficient (Wildman–Crippen LogP) is 3.80. The maximum Gasteiger partial charge on any atom is 0.225 e. The molecule has 0 fully saturated rings. The molecule has 1 amide bonds. The number of hydrogen-bond donors (Lipinski definition) is 1. The van der Waals surface area contributed by atoms with E-state index in [-0.39, 0.29) is 22.1 Å². The molecule has 0 aromatic heterocycles. The van der Waals surface area contributed by atoms with Gasteiger partial charge in [0, 0.05) is 17.1 Å². The van der Waals surface area contributed by atoms with Gasteiger partial charge in [-0.1, -0.05) is 35.3 Å². The summed E-state index contributed by atoms with van der Waals surface area (Å²) in [5.41, 5.74) is 0.560. The van der Waals surface area contributed by atoms with Gasteiger partial charge in [0.25, 0.3) is 0 Å². The highest BCUT2D eigenvalue weighted by molar-refractivity contribution is 7.91. The van der Waals surface area contributed by atoms with E-state index in [1.54, 1.807) is 36.4 Å². The maximum atomic E-state index is 12.2. The van der Waals surface area contributed by atoms with Gasteiger partial charge in [-0.05, 0) is 36.4 Å². The number of hydrogen-bond acceptors (Lipinski definition) is 3. The molecule has 7 heteroatoms. The van der Waals surface area contributed by atoms with Crippen LogP contribution < -0.4 is 5.32 Å². The Morgan fingerprint density at radius 3 is 2.27 bits per heavy atom. The number of carbonyl (C=O) groups is 1. The highest BCUT2D eigenvalue weighted by Crippen LogP contribution is 2.22. The van der Waals surface area contributed by atoms with Crippen LogP contribution in [0.1, 0.15) is 6.42 Å². The van der Waals surface area contributed by atoms with Crippen molar-refractivity contribution in [3.8, 4) is 0 Å². The Morgan fingerprint density at radius 2 is 1.64 bits per heavy atom. The van der Waals surface area contributed by atoms with E-state index < -0.39 is 15.7 Å². The van der Waals surface area contributed by atoms with E-state index in [0.717, 1.165) is 0 Å². The number of sulfone groups is 1. The van der Waals surface area contributed by atoms with E-state index in [2.05, 4.69) is 5.32 Å². The molecule has 2 aromatic carbocycles. The van der Waals surface area contributed by atoms with Crippen LogP contribution in [0.5, 0.6) is 0 Å². The SMILES string of the molecule is O=C(CCS(=O)(=O)c1ccccc1Cl)Nc1ccc(Cl)cc1. The van der Waals surface area contributed by atoms with Crippen molar-refractivity contribution in [3.05, 3.63) is 58.6 Å². The molecule has 0 radical (unpaired) electrons. The molecule has 0 unspecified atom stereocenters. The number of amides is 1. The van der Waals surface area contributed by atoms with E-state index in [1.165, 1.54) is 12.1 Å². The Morgan fingerprint density at radius 1 is 1.00 bits per heavy atom. The lowest BCUT2D eigenvalue weighted by molar-refractivity contribution is -0.115. The highest BCUT2D eigenvalue weighted by Gasteiger charge is 2.19. The van der Waals surface area contributed by atoms with E-state index in [9.17, 15) is 13.2 Å². The second-order valence-electron chi connectivity index (χ2n) is 4.55. The van der Waals surface area contributed by atoms with E-state index in [0.29, 0.717) is 10.7 Å². The smallest absolute Gasteiger partial charge is 0.225 e. The van der Waals surface area contributed by atoms with Gasteiger partial charge >= 0.3 is 0 Å². The summed E-state index contributed by atoms with van der Waals surface area (Å²) in [5.74, 6) is -0.700. The molecule has 0 saturated carbocycles. The number of carbonyl (C=O) groups excluding carboxylic acids is 1. The third-order valence-electron chi connectivity index (χ3n) is 2.90. The number of halogens is 2. The Labute approximate surface area is 139 Å². The van der Waals surface area contributed by atoms with Gasteiger partial charge in [0.15, 0.2) is 9.84 Å². The summed E-state index contributed by atoms with van der Waals surface area (Å²) in [6.07, 6.45) is -0.157. The zero-order valence-electron chi connectivity index (χ0n) is 11.4. The van der Waals surface area contributed by atoms with Crippen LogP contribution in [-0.2, 0) is 14.6 Å². The van der Waals surface area contributed by atoms with Crippen LogP contribution >= 0.6 is 23.2 Å². The highest BCUT2D eigenvalue weighted by atomic mass is 35.5. The van der Waals surface area contributed by atoms with Gasteiger partial charge in [0.1, 0.15) is 0 Å². The first-order valence-electron chi connectivity index (χ1n) is 6.41. The lowest BCUT2D eigenvalue weighted by Gasteiger charge is -2.07. The van der Waals surface area contributed by atoms with Crippen LogP contribution in [0.15, 0.2) is 53.4 Å². The number of anilines is 1. The largest absolute Gasteiger partial charge is 0.326 e. The Kier molecular flexibility index (Phi) is 5.45. The zero-order valence-corrected chi connectivity index (χ0v) is 13.8. The third kappa shape index (κ3) is 4.47. The molecule has 0 atom stereocenters. The molecule has 0 spiro atoms. The second kappa shape index (κ2) is 7.13. The van der Waals surface area contributed by atoms with Crippen LogP contribution in [0, 0.1) is 0 Å². The van der Waals surface area contributed by atoms with Crippen molar-refractivity contribution in [2.75, 3.05) is 11.1 Å². The second-order valence-corrected chi connectivity index (χ2v) is 7.48. The molecule has 0 heterocycles. The standard InChI is InChI=1S/C15H13Cl2NO3S/c16-11-5-7-12(8-6-11)18-15(19)9-10-22(20,21)14-4-2-1-3-13(14)17/h1-8H,9-10H2,(H,18,19). The molecule has 22 heavy (non-hydrogen) atoms. The summed E-state index contributed by atoms with van der Waals surface area (Å²) < 4.78 is 24.3. The summed E-state index contributed by atoms with van der Waals surface area (Å²) >= 11 is 11.6. The molecule has 0 aliphatic carbocycles. The van der Waals surface area contributed by atoms with Gasteiger partial charge < -0.3 is 5.32 Å². The molecule has 2 rings (SSSR count). The molecular formula is C15H13Cl2NO3S. The fraction of sp³-hybridized carbons (Fsp3) is 0.133. The van der Waals surface area contributed by atoms with E-state index in [4.69, 9.17) is 23.2 Å². The Balaban J connectivity index is 1.98. The molecule has 0 bridgehead atoms. The van der Waals surface area contributed by atoms with Crippen LogP contribution in [-0.4, -0.2) is 20.1 Å².